The Balaban J connectivity index is 1.50. The number of halogens is 1. The Hall–Kier alpha value is -2.51. The highest BCUT2D eigenvalue weighted by atomic mass is 79.9. The van der Waals surface area contributed by atoms with E-state index in [1.54, 1.807) is 6.07 Å². The molecule has 2 heterocycles. The lowest BCUT2D eigenvalue weighted by Gasteiger charge is -2.40. The van der Waals surface area contributed by atoms with E-state index in [1.165, 1.54) is 12.8 Å². The molecule has 5 rings (SSSR count). The van der Waals surface area contributed by atoms with Crippen LogP contribution in [0.25, 0.3) is 10.9 Å². The van der Waals surface area contributed by atoms with E-state index in [9.17, 15) is 9.90 Å². The third kappa shape index (κ3) is 4.45. The van der Waals surface area contributed by atoms with Crippen molar-refractivity contribution >= 4 is 38.4 Å². The van der Waals surface area contributed by atoms with Crippen molar-refractivity contribution in [3.63, 3.8) is 0 Å². The predicted octanol–water partition coefficient (Wildman–Crippen LogP) is 7.51. The Morgan fingerprint density at radius 2 is 1.94 bits per heavy atom. The second kappa shape index (κ2) is 8.56. The number of aromatic nitrogens is 1. The molecule has 2 bridgehead atoms. The van der Waals surface area contributed by atoms with Crippen molar-refractivity contribution in [2.45, 2.75) is 66.6 Å². The van der Waals surface area contributed by atoms with Gasteiger partial charge in [-0.2, -0.15) is 0 Å². The molecule has 0 radical (unpaired) electrons. The number of amides is 1. The average Bonchev–Trinajstić information content (AvgIpc) is 3.16. The molecule has 0 spiro atoms. The molecule has 2 atom stereocenters. The fraction of sp³-hybridized carbons (Fsp3) is 0.464. The van der Waals surface area contributed by atoms with Crippen molar-refractivity contribution < 1.29 is 9.90 Å². The number of hydrogen-bond acceptors (Lipinski definition) is 4. The van der Waals surface area contributed by atoms with Crippen molar-refractivity contribution in [2.75, 3.05) is 6.54 Å². The zero-order valence-corrected chi connectivity index (χ0v) is 22.7. The van der Waals surface area contributed by atoms with Crippen LogP contribution in [0.4, 0.5) is 5.69 Å². The molecule has 2 aliphatic rings. The lowest BCUT2D eigenvalue weighted by Crippen LogP contribution is -2.35. The summed E-state index contributed by atoms with van der Waals surface area (Å²) in [6.07, 6.45) is 3.57. The van der Waals surface area contributed by atoms with Gasteiger partial charge in [0.05, 0.1) is 12.2 Å². The molecule has 0 unspecified atom stereocenters. The number of benzene rings is 2. The molecule has 1 saturated carbocycles. The van der Waals surface area contributed by atoms with E-state index in [-0.39, 0.29) is 5.88 Å². The van der Waals surface area contributed by atoms with Crippen LogP contribution in [0.3, 0.4) is 0 Å². The highest BCUT2D eigenvalue weighted by Gasteiger charge is 2.49. The van der Waals surface area contributed by atoms with E-state index < -0.39 is 5.91 Å². The number of likely N-dealkylation sites (tertiary alicyclic amines) is 1. The van der Waals surface area contributed by atoms with Gasteiger partial charge in [0, 0.05) is 28.0 Å². The lowest BCUT2D eigenvalue weighted by atomic mass is 9.65. The van der Waals surface area contributed by atoms with Gasteiger partial charge in [-0.3, -0.25) is 14.3 Å². The maximum absolute atomic E-state index is 12.8. The minimum absolute atomic E-state index is 0.0430. The molecule has 1 aliphatic carbocycles. The van der Waals surface area contributed by atoms with Crippen molar-refractivity contribution in [1.82, 2.24) is 9.47 Å². The van der Waals surface area contributed by atoms with Crippen LogP contribution >= 0.6 is 15.9 Å². The average molecular weight is 538 g/mol. The van der Waals surface area contributed by atoms with Crippen LogP contribution in [0.5, 0.6) is 5.88 Å². The molecule has 1 amide bonds. The van der Waals surface area contributed by atoms with E-state index in [0.717, 1.165) is 39.5 Å². The van der Waals surface area contributed by atoms with Gasteiger partial charge in [0.15, 0.2) is 5.69 Å². The SMILES string of the molecule is Cc1cccc(C(=O)N=Nc2c(O)n(CN3C[C@]4(C)C[C@@H]3CC(C)(C)C4)c3ccc(Br)cc23)c1C. The molecular formula is C28H33BrN4O2. The zero-order valence-electron chi connectivity index (χ0n) is 21.1. The second-order valence-electron chi connectivity index (χ2n) is 11.6. The van der Waals surface area contributed by atoms with Crippen molar-refractivity contribution in [1.29, 1.82) is 0 Å². The van der Waals surface area contributed by atoms with Gasteiger partial charge in [-0.1, -0.05) is 48.8 Å². The van der Waals surface area contributed by atoms with Gasteiger partial charge in [-0.15, -0.1) is 10.2 Å². The van der Waals surface area contributed by atoms with Crippen molar-refractivity contribution in [3.8, 4) is 5.88 Å². The largest absolute Gasteiger partial charge is 0.493 e. The van der Waals surface area contributed by atoms with Gasteiger partial charge < -0.3 is 5.11 Å². The molecule has 7 heteroatoms. The van der Waals surface area contributed by atoms with Crippen LogP contribution in [-0.2, 0) is 6.67 Å². The van der Waals surface area contributed by atoms with Crippen LogP contribution < -0.4 is 0 Å². The van der Waals surface area contributed by atoms with Crippen LogP contribution in [0.1, 0.15) is 61.5 Å². The quantitative estimate of drug-likeness (QED) is 0.350. The topological polar surface area (TPSA) is 70.2 Å². The molecule has 35 heavy (non-hydrogen) atoms. The highest BCUT2D eigenvalue weighted by molar-refractivity contribution is 9.10. The third-order valence-electron chi connectivity index (χ3n) is 7.89. The summed E-state index contributed by atoms with van der Waals surface area (Å²) in [7, 11) is 0. The minimum atomic E-state index is -0.412. The number of carbonyl (C=O) groups excluding carboxylic acids is 1. The van der Waals surface area contributed by atoms with Crippen LogP contribution in [0.2, 0.25) is 0 Å². The zero-order chi connectivity index (χ0) is 25.1. The first-order chi connectivity index (χ1) is 16.5. The van der Waals surface area contributed by atoms with Crippen molar-refractivity contribution in [2.24, 2.45) is 21.1 Å². The van der Waals surface area contributed by atoms with E-state index in [1.807, 2.05) is 48.7 Å². The highest BCUT2D eigenvalue weighted by Crippen LogP contribution is 2.53. The van der Waals surface area contributed by atoms with E-state index in [4.69, 9.17) is 0 Å². The Kier molecular flexibility index (Phi) is 5.92. The molecule has 6 nitrogen and oxygen atoms in total. The van der Waals surface area contributed by atoms with E-state index in [2.05, 4.69) is 51.8 Å². The smallest absolute Gasteiger partial charge is 0.295 e. The standard InChI is InChI=1S/C28H33BrN4O2/c1-17-7-6-8-21(18(17)2)25(34)31-30-24-22-11-19(29)9-10-23(22)33(26(24)35)16-32-15-28(5)13-20(32)12-27(3,4)14-28/h6-11,20,35H,12-16H2,1-5H3/t20-,28+/m0/s1. The number of azo groups is 1. The van der Waals surface area contributed by atoms with Crippen LogP contribution in [0, 0.1) is 24.7 Å². The summed E-state index contributed by atoms with van der Waals surface area (Å²) < 4.78 is 2.79. The third-order valence-corrected chi connectivity index (χ3v) is 8.39. The summed E-state index contributed by atoms with van der Waals surface area (Å²) in [6, 6.07) is 11.9. The van der Waals surface area contributed by atoms with Gasteiger partial charge in [-0.25, -0.2) is 0 Å². The van der Waals surface area contributed by atoms with Crippen LogP contribution in [0.15, 0.2) is 51.1 Å². The van der Waals surface area contributed by atoms with Gasteiger partial charge in [0.25, 0.3) is 5.91 Å². The lowest BCUT2D eigenvalue weighted by molar-refractivity contribution is 0.0994. The summed E-state index contributed by atoms with van der Waals surface area (Å²) in [5.74, 6) is -0.369. The Morgan fingerprint density at radius 3 is 2.71 bits per heavy atom. The molecule has 1 saturated heterocycles. The number of rotatable bonds is 4. The summed E-state index contributed by atoms with van der Waals surface area (Å²) >= 11 is 3.54. The molecule has 3 aromatic rings. The molecule has 2 aromatic carbocycles. The van der Waals surface area contributed by atoms with E-state index in [0.29, 0.717) is 34.8 Å². The predicted molar refractivity (Wildman–Crippen MR) is 142 cm³/mol. The maximum Gasteiger partial charge on any atom is 0.295 e. The maximum atomic E-state index is 12.8. The Bertz CT molecular complexity index is 1360. The number of carbonyl (C=O) groups is 1. The number of hydrogen-bond donors (Lipinski definition) is 1. The van der Waals surface area contributed by atoms with Gasteiger partial charge in [0.1, 0.15) is 0 Å². The molecular weight excluding hydrogens is 504 g/mol. The molecule has 1 aliphatic heterocycles. The number of aromatic hydroxyl groups is 1. The monoisotopic (exact) mass is 536 g/mol. The molecule has 184 valence electrons. The first-order valence-electron chi connectivity index (χ1n) is 12.2. The Morgan fingerprint density at radius 1 is 1.17 bits per heavy atom. The molecule has 1 aromatic heterocycles. The first-order valence-corrected chi connectivity index (χ1v) is 13.0. The van der Waals surface area contributed by atoms with Gasteiger partial charge in [-0.05, 0) is 79.3 Å². The second-order valence-corrected chi connectivity index (χ2v) is 12.5. The summed E-state index contributed by atoms with van der Waals surface area (Å²) in [4.78, 5) is 15.3. The minimum Gasteiger partial charge on any atom is -0.493 e. The number of fused-ring (bicyclic) bond motifs is 3. The number of aryl methyl sites for hydroxylation is 1. The van der Waals surface area contributed by atoms with Crippen molar-refractivity contribution in [3.05, 3.63) is 57.6 Å². The van der Waals surface area contributed by atoms with E-state index >= 15 is 0 Å². The molecule has 1 N–H and O–H groups in total. The summed E-state index contributed by atoms with van der Waals surface area (Å²) in [5, 5.41) is 20.4. The summed E-state index contributed by atoms with van der Waals surface area (Å²) in [6.45, 7) is 12.6. The van der Waals surface area contributed by atoms with Gasteiger partial charge in [0.2, 0.25) is 5.88 Å². The first kappa shape index (κ1) is 24.2. The fourth-order valence-electron chi connectivity index (χ4n) is 6.59. The number of nitrogens with zero attached hydrogens (tertiary/aromatic N) is 4. The molecule has 2 fully saturated rings. The normalized spacial score (nSPS) is 24.0. The fourth-order valence-corrected chi connectivity index (χ4v) is 6.95. The van der Waals surface area contributed by atoms with Crippen LogP contribution in [-0.4, -0.2) is 33.1 Å². The summed E-state index contributed by atoms with van der Waals surface area (Å²) in [5.41, 5.74) is 4.28. The Labute approximate surface area is 215 Å². The van der Waals surface area contributed by atoms with Gasteiger partial charge >= 0.3 is 0 Å².